The molecule has 0 radical (unpaired) electrons. The topological polar surface area (TPSA) is 89.2 Å². The van der Waals surface area contributed by atoms with Gasteiger partial charge in [-0.05, 0) is 54.4 Å². The third-order valence-corrected chi connectivity index (χ3v) is 8.43. The van der Waals surface area contributed by atoms with Crippen LogP contribution in [-0.2, 0) is 17.1 Å². The Kier molecular flexibility index (Phi) is 6.73. The summed E-state index contributed by atoms with van der Waals surface area (Å²) in [5, 5.41) is 12.7. The van der Waals surface area contributed by atoms with Gasteiger partial charge in [-0.25, -0.2) is 17.5 Å². The Morgan fingerprint density at radius 1 is 1.05 bits per heavy atom. The van der Waals surface area contributed by atoms with Crippen LogP contribution < -0.4 is 0 Å². The van der Waals surface area contributed by atoms with Crippen molar-refractivity contribution in [1.82, 2.24) is 34.0 Å². The van der Waals surface area contributed by atoms with Crippen LogP contribution in [0, 0.1) is 12.7 Å². The number of fused-ring (bicyclic) bond motifs is 1. The number of hydrogen-bond donors (Lipinski definition) is 0. The lowest BCUT2D eigenvalue weighted by atomic mass is 9.96. The van der Waals surface area contributed by atoms with Crippen molar-refractivity contribution in [2.45, 2.75) is 30.6 Å². The molecule has 0 bridgehead atoms. The van der Waals surface area contributed by atoms with Crippen molar-refractivity contribution < 1.29 is 26.0 Å². The molecule has 1 aliphatic rings. The van der Waals surface area contributed by atoms with E-state index in [4.69, 9.17) is 0 Å². The fraction of sp³-hybridized carbons (Fsp3) is 0.375. The first kappa shape index (κ1) is 26.3. The Balaban J connectivity index is 1.52. The first-order valence-electron chi connectivity index (χ1n) is 11.8. The van der Waals surface area contributed by atoms with Gasteiger partial charge in [0.05, 0.1) is 30.0 Å². The van der Waals surface area contributed by atoms with Crippen molar-refractivity contribution in [3.05, 3.63) is 65.7 Å². The number of nitrogens with zero attached hydrogens (tertiary/aromatic N) is 7. The molecule has 5 rings (SSSR count). The summed E-state index contributed by atoms with van der Waals surface area (Å²) >= 11 is 0. The van der Waals surface area contributed by atoms with E-state index in [2.05, 4.69) is 15.3 Å². The standard InChI is InChI=1S/C24H25F4N7O2S/c1-16-11-21-17(13-30-35(21)19-5-3-18(25)4-6-19)12-20(16)22-15-34(10-9-33(22)8-7-24(26,27)28)38(36,37)23-14-29-32(2)31-23/h3-6,11-14,22H,7-10,15H2,1-2H3. The fourth-order valence-corrected chi connectivity index (χ4v) is 6.09. The first-order valence-corrected chi connectivity index (χ1v) is 13.3. The highest BCUT2D eigenvalue weighted by molar-refractivity contribution is 7.89. The summed E-state index contributed by atoms with van der Waals surface area (Å²) in [6.07, 6.45) is -2.58. The van der Waals surface area contributed by atoms with Crippen molar-refractivity contribution >= 4 is 20.9 Å². The van der Waals surface area contributed by atoms with Gasteiger partial charge in [0.15, 0.2) is 0 Å². The molecule has 1 atom stereocenters. The molecule has 1 fully saturated rings. The average molecular weight is 552 g/mol. The minimum absolute atomic E-state index is 0.0249. The molecule has 9 nitrogen and oxygen atoms in total. The van der Waals surface area contributed by atoms with Gasteiger partial charge in [0.25, 0.3) is 10.0 Å². The van der Waals surface area contributed by atoms with E-state index in [-0.39, 0.29) is 37.0 Å². The molecule has 0 spiro atoms. The summed E-state index contributed by atoms with van der Waals surface area (Å²) in [5.41, 5.74) is 2.86. The van der Waals surface area contributed by atoms with Crippen molar-refractivity contribution in [2.24, 2.45) is 7.05 Å². The Bertz CT molecular complexity index is 1560. The number of sulfonamides is 1. The molecule has 4 aromatic rings. The second kappa shape index (κ2) is 9.75. The van der Waals surface area contributed by atoms with Gasteiger partial charge in [-0.15, -0.1) is 5.10 Å². The summed E-state index contributed by atoms with van der Waals surface area (Å²) < 4.78 is 82.2. The highest BCUT2D eigenvalue weighted by Gasteiger charge is 2.38. The number of rotatable bonds is 6. The van der Waals surface area contributed by atoms with Gasteiger partial charge in [-0.2, -0.15) is 32.5 Å². The van der Waals surface area contributed by atoms with Gasteiger partial charge in [-0.3, -0.25) is 4.90 Å². The predicted octanol–water partition coefficient (Wildman–Crippen LogP) is 3.60. The summed E-state index contributed by atoms with van der Waals surface area (Å²) in [6, 6.07) is 8.92. The molecule has 1 aliphatic heterocycles. The molecule has 2 aromatic heterocycles. The molecule has 2 aromatic carbocycles. The van der Waals surface area contributed by atoms with E-state index in [1.807, 2.05) is 19.1 Å². The third-order valence-electron chi connectivity index (χ3n) is 6.71. The van der Waals surface area contributed by atoms with Crippen molar-refractivity contribution in [3.63, 3.8) is 0 Å². The number of aromatic nitrogens is 5. The number of benzene rings is 2. The minimum Gasteiger partial charge on any atom is -0.293 e. The number of hydrogen-bond acceptors (Lipinski definition) is 6. The molecular weight excluding hydrogens is 526 g/mol. The average Bonchev–Trinajstić information content (AvgIpc) is 3.48. The Labute approximate surface area is 216 Å². The SMILES string of the molecule is Cc1cc2c(cnn2-c2ccc(F)cc2)cc1C1CN(S(=O)(=O)c2cnn(C)n2)CCN1CCC(F)(F)F. The minimum atomic E-state index is -4.34. The highest BCUT2D eigenvalue weighted by atomic mass is 32.2. The van der Waals surface area contributed by atoms with E-state index >= 15 is 0 Å². The quantitative estimate of drug-likeness (QED) is 0.341. The van der Waals surface area contributed by atoms with Gasteiger partial charge >= 0.3 is 6.18 Å². The third kappa shape index (κ3) is 5.15. The van der Waals surface area contributed by atoms with Crippen LogP contribution in [0.5, 0.6) is 0 Å². The molecule has 0 N–H and O–H groups in total. The lowest BCUT2D eigenvalue weighted by molar-refractivity contribution is -0.140. The smallest absolute Gasteiger partial charge is 0.293 e. The van der Waals surface area contributed by atoms with Crippen LogP contribution in [0.4, 0.5) is 17.6 Å². The Morgan fingerprint density at radius 2 is 1.79 bits per heavy atom. The first-order chi connectivity index (χ1) is 17.9. The van der Waals surface area contributed by atoms with Crippen LogP contribution in [0.1, 0.15) is 23.6 Å². The Hall–Kier alpha value is -3.36. The van der Waals surface area contributed by atoms with Crippen LogP contribution in [0.25, 0.3) is 16.6 Å². The van der Waals surface area contributed by atoms with Crippen molar-refractivity contribution in [2.75, 3.05) is 26.2 Å². The van der Waals surface area contributed by atoms with E-state index in [0.717, 1.165) is 27.5 Å². The molecule has 0 aliphatic carbocycles. The van der Waals surface area contributed by atoms with Gasteiger partial charge in [-0.1, -0.05) is 0 Å². The normalized spacial score (nSPS) is 17.9. The molecule has 14 heteroatoms. The van der Waals surface area contributed by atoms with Crippen LogP contribution >= 0.6 is 0 Å². The summed E-state index contributed by atoms with van der Waals surface area (Å²) in [6.45, 7) is 1.66. The molecule has 0 amide bonds. The van der Waals surface area contributed by atoms with Gasteiger partial charge < -0.3 is 0 Å². The van der Waals surface area contributed by atoms with Gasteiger partial charge in [0.2, 0.25) is 5.03 Å². The second-order valence-electron chi connectivity index (χ2n) is 9.25. The van der Waals surface area contributed by atoms with E-state index in [1.165, 1.54) is 23.5 Å². The zero-order valence-corrected chi connectivity index (χ0v) is 21.4. The lowest BCUT2D eigenvalue weighted by Gasteiger charge is -2.41. The predicted molar refractivity (Wildman–Crippen MR) is 131 cm³/mol. The zero-order valence-electron chi connectivity index (χ0n) is 20.6. The lowest BCUT2D eigenvalue weighted by Crippen LogP contribution is -2.51. The molecule has 38 heavy (non-hydrogen) atoms. The van der Waals surface area contributed by atoms with Crippen LogP contribution in [-0.4, -0.2) is 74.8 Å². The fourth-order valence-electron chi connectivity index (χ4n) is 4.77. The number of alkyl halides is 3. The van der Waals surface area contributed by atoms with Gasteiger partial charge in [0.1, 0.15) is 5.82 Å². The second-order valence-corrected chi connectivity index (χ2v) is 11.1. The van der Waals surface area contributed by atoms with E-state index < -0.39 is 28.7 Å². The zero-order chi connectivity index (χ0) is 27.2. The molecule has 1 unspecified atom stereocenters. The molecule has 1 saturated heterocycles. The van der Waals surface area contributed by atoms with E-state index in [1.54, 1.807) is 27.9 Å². The molecule has 3 heterocycles. The maximum atomic E-state index is 13.4. The highest BCUT2D eigenvalue weighted by Crippen LogP contribution is 2.34. The van der Waals surface area contributed by atoms with Crippen LogP contribution in [0.3, 0.4) is 0 Å². The molecule has 202 valence electrons. The van der Waals surface area contributed by atoms with Crippen LogP contribution in [0.2, 0.25) is 0 Å². The number of halogens is 4. The maximum Gasteiger partial charge on any atom is 0.390 e. The molecular formula is C24H25F4N7O2S. The van der Waals surface area contributed by atoms with Gasteiger partial charge in [0, 0.05) is 44.7 Å². The summed E-state index contributed by atoms with van der Waals surface area (Å²) in [4.78, 5) is 2.82. The monoisotopic (exact) mass is 551 g/mol. The van der Waals surface area contributed by atoms with Crippen molar-refractivity contribution in [3.8, 4) is 5.69 Å². The van der Waals surface area contributed by atoms with E-state index in [9.17, 15) is 26.0 Å². The van der Waals surface area contributed by atoms with Crippen molar-refractivity contribution in [1.29, 1.82) is 0 Å². The molecule has 0 saturated carbocycles. The van der Waals surface area contributed by atoms with E-state index in [0.29, 0.717) is 11.3 Å². The maximum absolute atomic E-state index is 13.4. The summed E-state index contributed by atoms with van der Waals surface area (Å²) in [5.74, 6) is -0.374. The largest absolute Gasteiger partial charge is 0.390 e. The number of aryl methyl sites for hydroxylation is 2. The Morgan fingerprint density at radius 3 is 2.45 bits per heavy atom. The van der Waals surface area contributed by atoms with Crippen LogP contribution in [0.15, 0.2) is 53.8 Å². The summed E-state index contributed by atoms with van der Waals surface area (Å²) in [7, 11) is -2.50. The number of piperazine rings is 1.